The van der Waals surface area contributed by atoms with E-state index >= 15 is 0 Å². The van der Waals surface area contributed by atoms with Gasteiger partial charge in [0.15, 0.2) is 6.29 Å². The molecule has 0 N–H and O–H groups in total. The molecule has 2 heterocycles. The van der Waals surface area contributed by atoms with Gasteiger partial charge in [0.05, 0.1) is 25.9 Å². The predicted molar refractivity (Wildman–Crippen MR) is 236 cm³/mol. The minimum Gasteiger partial charge on any atom is -0.493 e. The fourth-order valence-corrected chi connectivity index (χ4v) is 7.95. The van der Waals surface area contributed by atoms with E-state index in [0.717, 1.165) is 49.7 Å². The van der Waals surface area contributed by atoms with Crippen molar-refractivity contribution in [1.29, 1.82) is 0 Å². The van der Waals surface area contributed by atoms with E-state index in [9.17, 15) is 0 Å². The fraction of sp³-hybridized carbons (Fsp3) is 0.800. The molecule has 0 spiro atoms. The van der Waals surface area contributed by atoms with Gasteiger partial charge >= 0.3 is 0 Å². The quantitative estimate of drug-likeness (QED) is 0.0498. The van der Waals surface area contributed by atoms with Gasteiger partial charge in [-0.25, -0.2) is 0 Å². The third-order valence-corrected chi connectivity index (χ3v) is 11.4. The van der Waals surface area contributed by atoms with Crippen molar-refractivity contribution in [1.82, 2.24) is 4.90 Å². The number of hydrogen-bond acceptors (Lipinski definition) is 5. The maximum absolute atomic E-state index is 6.41. The van der Waals surface area contributed by atoms with Crippen LogP contribution in [0.3, 0.4) is 0 Å². The monoisotopic (exact) mass is 766 g/mol. The first-order chi connectivity index (χ1) is 27.3. The first-order valence-electron chi connectivity index (χ1n) is 24.0. The van der Waals surface area contributed by atoms with Crippen LogP contribution >= 0.6 is 0 Å². The highest BCUT2D eigenvalue weighted by Gasteiger charge is 2.30. The largest absolute Gasteiger partial charge is 0.493 e. The summed E-state index contributed by atoms with van der Waals surface area (Å²) in [6.45, 7) is 10.0. The summed E-state index contributed by atoms with van der Waals surface area (Å²) in [6.07, 6.45) is 48.8. The van der Waals surface area contributed by atoms with Crippen LogP contribution in [0.15, 0.2) is 42.5 Å². The van der Waals surface area contributed by atoms with Gasteiger partial charge in [-0.2, -0.15) is 0 Å². The van der Waals surface area contributed by atoms with E-state index in [1.165, 1.54) is 193 Å². The van der Waals surface area contributed by atoms with E-state index < -0.39 is 0 Å². The van der Waals surface area contributed by atoms with Gasteiger partial charge < -0.3 is 23.8 Å². The molecule has 3 rings (SSSR count). The molecule has 55 heavy (non-hydrogen) atoms. The number of nitrogens with zero attached hydrogens (tertiary/aromatic N) is 1. The SMILES string of the molecule is CCCCCCCCC=CCCCCCCCCOc1cc(OCCCCCCCCC=CCCCCCCCC)cc(C2OCC(CN3CCCC3)O2)c1. The maximum Gasteiger partial charge on any atom is 0.184 e. The summed E-state index contributed by atoms with van der Waals surface area (Å²) in [7, 11) is 0. The highest BCUT2D eigenvalue weighted by molar-refractivity contribution is 5.39. The molecule has 2 fully saturated rings. The summed E-state index contributed by atoms with van der Waals surface area (Å²) in [5.74, 6) is 1.74. The number of likely N-dealkylation sites (tertiary alicyclic amines) is 1. The first-order valence-corrected chi connectivity index (χ1v) is 24.0. The number of rotatable bonds is 37. The average molecular weight is 766 g/mol. The lowest BCUT2D eigenvalue weighted by Crippen LogP contribution is -2.31. The van der Waals surface area contributed by atoms with Crippen LogP contribution in [0.5, 0.6) is 11.5 Å². The third kappa shape index (κ3) is 25.2. The van der Waals surface area contributed by atoms with Crippen LogP contribution < -0.4 is 9.47 Å². The molecular weight excluding hydrogens is 679 g/mol. The average Bonchev–Trinajstić information content (AvgIpc) is 3.90. The van der Waals surface area contributed by atoms with Crippen LogP contribution in [-0.4, -0.2) is 50.5 Å². The van der Waals surface area contributed by atoms with Gasteiger partial charge in [0.25, 0.3) is 0 Å². The Bertz CT molecular complexity index is 1000. The van der Waals surface area contributed by atoms with Crippen molar-refractivity contribution < 1.29 is 18.9 Å². The Labute approximate surface area is 340 Å². The smallest absolute Gasteiger partial charge is 0.184 e. The Morgan fingerprint density at radius 2 is 0.927 bits per heavy atom. The number of hydrogen-bond donors (Lipinski definition) is 0. The lowest BCUT2D eigenvalue weighted by molar-refractivity contribution is -0.0637. The molecule has 0 radical (unpaired) electrons. The van der Waals surface area contributed by atoms with Crippen molar-refractivity contribution in [2.45, 2.75) is 219 Å². The van der Waals surface area contributed by atoms with Gasteiger partial charge in [0.2, 0.25) is 0 Å². The van der Waals surface area contributed by atoms with Gasteiger partial charge in [-0.05, 0) is 102 Å². The Balaban J connectivity index is 1.28. The predicted octanol–water partition coefficient (Wildman–Crippen LogP) is 15.0. The van der Waals surface area contributed by atoms with Crippen LogP contribution in [0.25, 0.3) is 0 Å². The van der Waals surface area contributed by atoms with Crippen molar-refractivity contribution in [2.75, 3.05) is 39.5 Å². The van der Waals surface area contributed by atoms with Gasteiger partial charge in [-0.15, -0.1) is 0 Å². The minimum atomic E-state index is -0.353. The first kappa shape index (κ1) is 47.6. The van der Waals surface area contributed by atoms with Gasteiger partial charge in [-0.1, -0.05) is 154 Å². The van der Waals surface area contributed by atoms with E-state index in [-0.39, 0.29) is 12.4 Å². The molecule has 2 aliphatic heterocycles. The topological polar surface area (TPSA) is 40.2 Å². The molecule has 0 aliphatic carbocycles. The second-order valence-electron chi connectivity index (χ2n) is 16.7. The van der Waals surface area contributed by atoms with Crippen molar-refractivity contribution >= 4 is 0 Å². The zero-order valence-corrected chi connectivity index (χ0v) is 36.2. The van der Waals surface area contributed by atoms with Crippen LogP contribution in [0.1, 0.15) is 218 Å². The van der Waals surface area contributed by atoms with Crippen LogP contribution in [0, 0.1) is 0 Å². The lowest BCUT2D eigenvalue weighted by atomic mass is 10.1. The van der Waals surface area contributed by atoms with Crippen LogP contribution in [-0.2, 0) is 9.47 Å². The van der Waals surface area contributed by atoms with Gasteiger partial charge in [0, 0.05) is 18.2 Å². The Hall–Kier alpha value is -1.82. The molecule has 5 nitrogen and oxygen atoms in total. The van der Waals surface area contributed by atoms with Gasteiger partial charge in [0.1, 0.15) is 11.5 Å². The van der Waals surface area contributed by atoms with Crippen LogP contribution in [0.4, 0.5) is 0 Å². The standard InChI is InChI=1S/C50H87NO4/c1-3-5-7-9-11-13-15-17-19-21-23-25-27-29-31-35-39-52-47-41-46(50-54-45-49(55-50)44-51-37-33-34-38-51)42-48(43-47)53-40-36-32-30-28-26-24-22-20-18-16-14-12-10-8-6-4-2/h17-20,41-43,49-50H,3-16,21-40,44-45H2,1-2H3. The van der Waals surface area contributed by atoms with Crippen molar-refractivity contribution in [3.8, 4) is 11.5 Å². The van der Waals surface area contributed by atoms with E-state index in [1.54, 1.807) is 0 Å². The maximum atomic E-state index is 6.41. The van der Waals surface area contributed by atoms with E-state index in [2.05, 4.69) is 61.3 Å². The summed E-state index contributed by atoms with van der Waals surface area (Å²) < 4.78 is 25.2. The number of allylic oxidation sites excluding steroid dienone is 4. The molecule has 1 aromatic carbocycles. The fourth-order valence-electron chi connectivity index (χ4n) is 7.95. The molecule has 0 saturated carbocycles. The molecule has 2 saturated heterocycles. The Morgan fingerprint density at radius 3 is 1.36 bits per heavy atom. The van der Waals surface area contributed by atoms with E-state index in [4.69, 9.17) is 18.9 Å². The molecule has 2 atom stereocenters. The molecule has 0 bridgehead atoms. The van der Waals surface area contributed by atoms with E-state index in [1.807, 2.05) is 0 Å². The molecule has 316 valence electrons. The minimum absolute atomic E-state index is 0.124. The number of benzene rings is 1. The summed E-state index contributed by atoms with van der Waals surface area (Å²) >= 11 is 0. The summed E-state index contributed by atoms with van der Waals surface area (Å²) in [5, 5.41) is 0. The zero-order valence-electron chi connectivity index (χ0n) is 36.2. The Morgan fingerprint density at radius 1 is 0.527 bits per heavy atom. The van der Waals surface area contributed by atoms with Gasteiger partial charge in [-0.3, -0.25) is 0 Å². The molecule has 0 amide bonds. The van der Waals surface area contributed by atoms with Crippen LogP contribution in [0.2, 0.25) is 0 Å². The Kier molecular flexibility index (Phi) is 29.6. The molecule has 0 aromatic heterocycles. The second-order valence-corrected chi connectivity index (χ2v) is 16.7. The molecule has 2 aliphatic rings. The van der Waals surface area contributed by atoms with Crippen molar-refractivity contribution in [3.05, 3.63) is 48.1 Å². The highest BCUT2D eigenvalue weighted by Crippen LogP contribution is 2.34. The molecule has 5 heteroatoms. The van der Waals surface area contributed by atoms with E-state index in [0.29, 0.717) is 6.61 Å². The normalized spacial score (nSPS) is 17.7. The number of unbranched alkanes of at least 4 members (excludes halogenated alkanes) is 24. The molecule has 1 aromatic rings. The second kappa shape index (κ2) is 34.2. The third-order valence-electron chi connectivity index (χ3n) is 11.4. The number of ether oxygens (including phenoxy) is 4. The molecule has 2 unspecified atom stereocenters. The highest BCUT2D eigenvalue weighted by atomic mass is 16.7. The molecular formula is C50H87NO4. The summed E-state index contributed by atoms with van der Waals surface area (Å²) in [4.78, 5) is 2.51. The van der Waals surface area contributed by atoms with Crippen molar-refractivity contribution in [2.24, 2.45) is 0 Å². The lowest BCUT2D eigenvalue weighted by Gasteiger charge is -2.19. The summed E-state index contributed by atoms with van der Waals surface area (Å²) in [5.41, 5.74) is 1.01. The zero-order chi connectivity index (χ0) is 38.7. The summed E-state index contributed by atoms with van der Waals surface area (Å²) in [6, 6.07) is 6.29. The van der Waals surface area contributed by atoms with Crippen molar-refractivity contribution in [3.63, 3.8) is 0 Å².